The van der Waals surface area contributed by atoms with E-state index in [1.165, 1.54) is 5.56 Å². The molecule has 0 saturated carbocycles. The van der Waals surface area contributed by atoms with Crippen molar-refractivity contribution in [2.24, 2.45) is 0 Å². The number of nitrogens with zero attached hydrogens (tertiary/aromatic N) is 2. The van der Waals surface area contributed by atoms with Crippen LogP contribution >= 0.6 is 24.0 Å². The lowest BCUT2D eigenvalue weighted by Crippen LogP contribution is -2.27. The van der Waals surface area contributed by atoms with Crippen LogP contribution in [-0.2, 0) is 4.84 Å². The number of hydrogen-bond acceptors (Lipinski definition) is 6. The molecular formula is C17H26IN3O4. The average molecular weight is 463 g/mol. The number of ether oxygens (including phenoxy) is 1. The minimum Gasteiger partial charge on any atom is -0.495 e. The van der Waals surface area contributed by atoms with Gasteiger partial charge in [-0.15, -0.1) is 34.1 Å². The second-order valence-electron chi connectivity index (χ2n) is 5.75. The normalized spacial score (nSPS) is 15.3. The minimum absolute atomic E-state index is 0. The molecule has 0 radical (unpaired) electrons. The molecule has 0 aromatic heterocycles. The summed E-state index contributed by atoms with van der Waals surface area (Å²) in [6.07, 6.45) is 7.90. The summed E-state index contributed by atoms with van der Waals surface area (Å²) in [7, 11) is 3.70. The molecular weight excluding hydrogens is 437 g/mol. The number of halogens is 1. The van der Waals surface area contributed by atoms with Crippen LogP contribution in [0.25, 0.3) is 0 Å². The number of para-hydroxylation sites is 1. The summed E-state index contributed by atoms with van der Waals surface area (Å²) in [5, 5.41) is 12.8. The Morgan fingerprint density at radius 3 is 2.76 bits per heavy atom. The Balaban J connectivity index is 0.00000312. The van der Waals surface area contributed by atoms with Gasteiger partial charge in [-0.1, -0.05) is 25.0 Å². The Kier molecular flexibility index (Phi) is 9.58. The number of methoxy groups -OCH3 is 1. The summed E-state index contributed by atoms with van der Waals surface area (Å²) in [6.45, 7) is 1.08. The Labute approximate surface area is 165 Å². The standard InChI is InChI=1S/C17H25N3O4.HI/c1-19-12-10-15(14-8-7-9-16(23-2)17(14)19)18-11-5-3-4-6-13-24-20(21)22;/h7-10,12,15,18H,3-6,11,13H2,1-2H3;1H. The summed E-state index contributed by atoms with van der Waals surface area (Å²) in [4.78, 5) is 16.4. The second kappa shape index (κ2) is 11.1. The van der Waals surface area contributed by atoms with Gasteiger partial charge in [0.05, 0.1) is 25.4 Å². The van der Waals surface area contributed by atoms with E-state index in [2.05, 4.69) is 33.4 Å². The smallest absolute Gasteiger partial charge is 0.294 e. The van der Waals surface area contributed by atoms with Crippen molar-refractivity contribution in [1.29, 1.82) is 0 Å². The van der Waals surface area contributed by atoms with E-state index in [0.29, 0.717) is 0 Å². The Bertz CT molecular complexity index is 583. The Morgan fingerprint density at radius 1 is 1.28 bits per heavy atom. The van der Waals surface area contributed by atoms with Crippen LogP contribution in [0, 0.1) is 10.1 Å². The van der Waals surface area contributed by atoms with Gasteiger partial charge in [-0.25, -0.2) is 0 Å². The molecule has 25 heavy (non-hydrogen) atoms. The summed E-state index contributed by atoms with van der Waals surface area (Å²) < 4.78 is 5.47. The summed E-state index contributed by atoms with van der Waals surface area (Å²) in [5.74, 6) is 0.872. The fourth-order valence-electron chi connectivity index (χ4n) is 2.88. The Morgan fingerprint density at radius 2 is 2.04 bits per heavy atom. The molecule has 7 nitrogen and oxygen atoms in total. The zero-order valence-corrected chi connectivity index (χ0v) is 17.0. The largest absolute Gasteiger partial charge is 0.495 e. The maximum atomic E-state index is 10.0. The van der Waals surface area contributed by atoms with Gasteiger partial charge in [0.2, 0.25) is 0 Å². The number of anilines is 1. The number of rotatable bonds is 10. The van der Waals surface area contributed by atoms with Gasteiger partial charge in [-0.3, -0.25) is 0 Å². The second-order valence-corrected chi connectivity index (χ2v) is 5.75. The monoisotopic (exact) mass is 463 g/mol. The molecule has 2 rings (SSSR count). The maximum Gasteiger partial charge on any atom is 0.294 e. The number of fused-ring (bicyclic) bond motifs is 1. The molecule has 140 valence electrons. The predicted molar refractivity (Wildman–Crippen MR) is 108 cm³/mol. The molecule has 1 aliphatic heterocycles. The highest BCUT2D eigenvalue weighted by Crippen LogP contribution is 2.38. The van der Waals surface area contributed by atoms with Crippen LogP contribution in [0.3, 0.4) is 0 Å². The van der Waals surface area contributed by atoms with Crippen molar-refractivity contribution in [1.82, 2.24) is 5.32 Å². The first-order valence-corrected chi connectivity index (χ1v) is 8.22. The minimum atomic E-state index is -0.736. The summed E-state index contributed by atoms with van der Waals surface area (Å²) in [6, 6.07) is 6.27. The predicted octanol–water partition coefficient (Wildman–Crippen LogP) is 3.68. The van der Waals surface area contributed by atoms with Crippen LogP contribution in [0.15, 0.2) is 30.5 Å². The zero-order chi connectivity index (χ0) is 17.4. The van der Waals surface area contributed by atoms with Gasteiger partial charge in [0, 0.05) is 18.8 Å². The van der Waals surface area contributed by atoms with Gasteiger partial charge in [0.15, 0.2) is 0 Å². The first-order valence-electron chi connectivity index (χ1n) is 8.22. The van der Waals surface area contributed by atoms with Gasteiger partial charge in [0.1, 0.15) is 5.75 Å². The lowest BCUT2D eigenvalue weighted by molar-refractivity contribution is -0.757. The van der Waals surface area contributed by atoms with E-state index in [1.54, 1.807) is 7.11 Å². The lowest BCUT2D eigenvalue weighted by atomic mass is 10.00. The van der Waals surface area contributed by atoms with E-state index in [0.717, 1.165) is 43.7 Å². The zero-order valence-electron chi connectivity index (χ0n) is 14.6. The van der Waals surface area contributed by atoms with Crippen molar-refractivity contribution >= 4 is 29.7 Å². The van der Waals surface area contributed by atoms with E-state index in [4.69, 9.17) is 4.74 Å². The third kappa shape index (κ3) is 6.35. The van der Waals surface area contributed by atoms with Crippen molar-refractivity contribution in [3.63, 3.8) is 0 Å². The third-order valence-corrected chi connectivity index (χ3v) is 4.07. The molecule has 1 heterocycles. The highest BCUT2D eigenvalue weighted by atomic mass is 127. The highest BCUT2D eigenvalue weighted by Gasteiger charge is 2.21. The van der Waals surface area contributed by atoms with Crippen LogP contribution in [0.5, 0.6) is 5.75 Å². The number of nitrogens with one attached hydrogen (secondary N) is 1. The van der Waals surface area contributed by atoms with E-state index in [1.807, 2.05) is 19.2 Å². The van der Waals surface area contributed by atoms with E-state index in [-0.39, 0.29) is 36.6 Å². The molecule has 1 aliphatic rings. The quantitative estimate of drug-likeness (QED) is 0.247. The number of hydrogen-bond donors (Lipinski definition) is 1. The maximum absolute atomic E-state index is 10.0. The van der Waals surface area contributed by atoms with Crippen molar-refractivity contribution in [2.75, 3.05) is 32.2 Å². The van der Waals surface area contributed by atoms with Crippen molar-refractivity contribution in [3.05, 3.63) is 46.2 Å². The fourth-order valence-corrected chi connectivity index (χ4v) is 2.88. The molecule has 8 heteroatoms. The lowest BCUT2D eigenvalue weighted by Gasteiger charge is -2.30. The Hall–Kier alpha value is -1.55. The first-order chi connectivity index (χ1) is 11.6. The van der Waals surface area contributed by atoms with Gasteiger partial charge in [0.25, 0.3) is 5.09 Å². The van der Waals surface area contributed by atoms with Crippen LogP contribution in [0.2, 0.25) is 0 Å². The number of benzene rings is 1. The average Bonchev–Trinajstić information content (AvgIpc) is 2.58. The SMILES string of the molecule is COc1cccc2c1N(C)C=CC2NCCCCCCO[N+](=O)[O-].I. The molecule has 0 saturated heterocycles. The molecule has 0 amide bonds. The molecule has 1 atom stereocenters. The first kappa shape index (κ1) is 21.5. The molecule has 0 fully saturated rings. The number of unbranched alkanes of at least 4 members (excludes halogenated alkanes) is 3. The van der Waals surface area contributed by atoms with Crippen LogP contribution < -0.4 is 15.0 Å². The van der Waals surface area contributed by atoms with E-state index >= 15 is 0 Å². The van der Waals surface area contributed by atoms with Crippen molar-refractivity contribution < 1.29 is 14.7 Å². The van der Waals surface area contributed by atoms with Gasteiger partial charge in [-0.05, 0) is 31.5 Å². The molecule has 0 spiro atoms. The molecule has 0 aliphatic carbocycles. The van der Waals surface area contributed by atoms with Crippen LogP contribution in [-0.4, -0.2) is 32.4 Å². The molecule has 1 aromatic carbocycles. The molecule has 1 unspecified atom stereocenters. The van der Waals surface area contributed by atoms with Gasteiger partial charge in [-0.2, -0.15) is 0 Å². The topological polar surface area (TPSA) is 76.9 Å². The summed E-state index contributed by atoms with van der Waals surface area (Å²) >= 11 is 0. The van der Waals surface area contributed by atoms with Crippen LogP contribution in [0.1, 0.15) is 37.3 Å². The molecule has 1 N–H and O–H groups in total. The van der Waals surface area contributed by atoms with E-state index < -0.39 is 5.09 Å². The van der Waals surface area contributed by atoms with Crippen molar-refractivity contribution in [3.8, 4) is 5.75 Å². The highest BCUT2D eigenvalue weighted by molar-refractivity contribution is 14.0. The van der Waals surface area contributed by atoms with Crippen molar-refractivity contribution in [2.45, 2.75) is 31.7 Å². The molecule has 1 aromatic rings. The van der Waals surface area contributed by atoms with Gasteiger partial charge >= 0.3 is 0 Å². The van der Waals surface area contributed by atoms with Crippen LogP contribution in [0.4, 0.5) is 5.69 Å². The van der Waals surface area contributed by atoms with E-state index in [9.17, 15) is 10.1 Å². The molecule has 0 bridgehead atoms. The van der Waals surface area contributed by atoms with Gasteiger partial charge < -0.3 is 19.8 Å². The fraction of sp³-hybridized carbons (Fsp3) is 0.529. The third-order valence-electron chi connectivity index (χ3n) is 4.07. The summed E-state index contributed by atoms with van der Waals surface area (Å²) in [5.41, 5.74) is 2.30.